The monoisotopic (exact) mass is 509 g/mol. The molecule has 1 aliphatic heterocycles. The van der Waals surface area contributed by atoms with Gasteiger partial charge in [-0.25, -0.2) is 4.79 Å². The fraction of sp³-hybridized carbons (Fsp3) is 0.258. The Balaban J connectivity index is 1.12. The molecule has 3 aromatic carbocycles. The lowest BCUT2D eigenvalue weighted by Gasteiger charge is -2.23. The third-order valence-electron chi connectivity index (χ3n) is 6.77. The molecule has 0 spiro atoms. The van der Waals surface area contributed by atoms with Gasteiger partial charge in [0.15, 0.2) is 0 Å². The number of benzene rings is 3. The maximum atomic E-state index is 12.9. The minimum Gasteiger partial charge on any atom is -0.445 e. The van der Waals surface area contributed by atoms with E-state index in [1.54, 1.807) is 0 Å². The van der Waals surface area contributed by atoms with Crippen LogP contribution in [0.5, 0.6) is 0 Å². The maximum Gasteiger partial charge on any atom is 0.410 e. The normalized spacial score (nSPS) is 16.8. The summed E-state index contributed by atoms with van der Waals surface area (Å²) in [5.41, 5.74) is 4.40. The van der Waals surface area contributed by atoms with Gasteiger partial charge < -0.3 is 15.4 Å². The van der Waals surface area contributed by atoms with Crippen LogP contribution in [0.3, 0.4) is 0 Å². The second kappa shape index (κ2) is 11.8. The van der Waals surface area contributed by atoms with E-state index in [0.717, 1.165) is 41.6 Å². The lowest BCUT2D eigenvalue weighted by atomic mass is 10.1. The van der Waals surface area contributed by atoms with Crippen LogP contribution in [0.15, 0.2) is 78.9 Å². The van der Waals surface area contributed by atoms with Crippen molar-refractivity contribution in [3.05, 3.63) is 95.6 Å². The molecule has 3 aromatic rings. The molecule has 5 rings (SSSR count). The number of ether oxygens (including phenoxy) is 1. The lowest BCUT2D eigenvalue weighted by Crippen LogP contribution is -2.43. The zero-order valence-corrected chi connectivity index (χ0v) is 21.1. The number of likely N-dealkylation sites (tertiary alicyclic amines) is 1. The molecule has 0 radical (unpaired) electrons. The third kappa shape index (κ3) is 6.68. The molecule has 0 unspecified atom stereocenters. The first-order valence-electron chi connectivity index (χ1n) is 13.0. The van der Waals surface area contributed by atoms with Crippen LogP contribution in [0.4, 0.5) is 16.2 Å². The van der Waals surface area contributed by atoms with Crippen molar-refractivity contribution in [1.29, 1.82) is 0 Å². The number of hydrogen-bond donors (Lipinski definition) is 2. The van der Waals surface area contributed by atoms with Gasteiger partial charge in [-0.2, -0.15) is 0 Å². The summed E-state index contributed by atoms with van der Waals surface area (Å²) in [6.45, 7) is 0.684. The molecular formula is C31H31N3O4. The molecule has 194 valence electrons. The van der Waals surface area contributed by atoms with Crippen LogP contribution in [-0.4, -0.2) is 35.4 Å². The van der Waals surface area contributed by atoms with Crippen molar-refractivity contribution < 1.29 is 19.1 Å². The molecule has 0 aromatic heterocycles. The molecule has 2 N–H and O–H groups in total. The van der Waals surface area contributed by atoms with Crippen LogP contribution >= 0.6 is 0 Å². The van der Waals surface area contributed by atoms with Gasteiger partial charge in [0.05, 0.1) is 0 Å². The summed E-state index contributed by atoms with van der Waals surface area (Å²) in [7, 11) is 0. The number of carbonyl (C=O) groups is 3. The smallest absolute Gasteiger partial charge is 0.410 e. The molecule has 0 bridgehead atoms. The van der Waals surface area contributed by atoms with E-state index in [4.69, 9.17) is 4.74 Å². The van der Waals surface area contributed by atoms with Gasteiger partial charge in [0.1, 0.15) is 12.6 Å². The van der Waals surface area contributed by atoms with Gasteiger partial charge in [-0.1, -0.05) is 66.7 Å². The van der Waals surface area contributed by atoms with Crippen LogP contribution < -0.4 is 10.6 Å². The van der Waals surface area contributed by atoms with Gasteiger partial charge >= 0.3 is 6.09 Å². The SMILES string of the molecule is O=C(Nc1ccc(C=Cc2ccc(NC(=O)[C@@H]3CCCN3C(=O)OCc3ccccc3)cc2)cc1)C1CC1. The molecule has 38 heavy (non-hydrogen) atoms. The van der Waals surface area contributed by atoms with Crippen LogP contribution in [0.2, 0.25) is 0 Å². The number of nitrogens with one attached hydrogen (secondary N) is 2. The molecule has 1 heterocycles. The number of hydrogen-bond acceptors (Lipinski definition) is 4. The van der Waals surface area contributed by atoms with E-state index in [2.05, 4.69) is 10.6 Å². The summed E-state index contributed by atoms with van der Waals surface area (Å²) in [5.74, 6) is 0.0706. The Kier molecular flexibility index (Phi) is 7.83. The van der Waals surface area contributed by atoms with Crippen molar-refractivity contribution in [2.24, 2.45) is 5.92 Å². The quantitative estimate of drug-likeness (QED) is 0.368. The Labute approximate surface area is 222 Å². The first-order chi connectivity index (χ1) is 18.5. The molecule has 2 fully saturated rings. The number of nitrogens with zero attached hydrogens (tertiary/aromatic N) is 1. The van der Waals surface area contributed by atoms with Gasteiger partial charge in [-0.05, 0) is 66.6 Å². The fourth-order valence-electron chi connectivity index (χ4n) is 4.42. The van der Waals surface area contributed by atoms with E-state index in [0.29, 0.717) is 18.7 Å². The Morgan fingerprint density at radius 3 is 1.92 bits per heavy atom. The van der Waals surface area contributed by atoms with E-state index in [1.807, 2.05) is 91.0 Å². The van der Waals surface area contributed by atoms with E-state index >= 15 is 0 Å². The molecular weight excluding hydrogens is 478 g/mol. The predicted molar refractivity (Wildman–Crippen MR) is 148 cm³/mol. The largest absolute Gasteiger partial charge is 0.445 e. The Morgan fingerprint density at radius 1 is 0.763 bits per heavy atom. The highest BCUT2D eigenvalue weighted by molar-refractivity contribution is 5.97. The Morgan fingerprint density at radius 2 is 1.34 bits per heavy atom. The Bertz CT molecular complexity index is 1300. The van der Waals surface area contributed by atoms with Crippen molar-refractivity contribution in [3.8, 4) is 0 Å². The second-order valence-electron chi connectivity index (χ2n) is 9.72. The predicted octanol–water partition coefficient (Wildman–Crippen LogP) is 5.95. The highest BCUT2D eigenvalue weighted by Gasteiger charge is 2.35. The van der Waals surface area contributed by atoms with Gasteiger partial charge in [0.25, 0.3) is 0 Å². The lowest BCUT2D eigenvalue weighted by molar-refractivity contribution is -0.120. The van der Waals surface area contributed by atoms with Gasteiger partial charge in [0.2, 0.25) is 11.8 Å². The summed E-state index contributed by atoms with van der Waals surface area (Å²) >= 11 is 0. The minimum absolute atomic E-state index is 0.101. The molecule has 1 atom stereocenters. The van der Waals surface area contributed by atoms with E-state index in [-0.39, 0.29) is 24.3 Å². The van der Waals surface area contributed by atoms with Gasteiger partial charge in [-0.3, -0.25) is 14.5 Å². The first-order valence-corrected chi connectivity index (χ1v) is 13.0. The highest BCUT2D eigenvalue weighted by atomic mass is 16.6. The summed E-state index contributed by atoms with van der Waals surface area (Å²) in [6.07, 6.45) is 6.86. The van der Waals surface area contributed by atoms with Crippen LogP contribution in [0, 0.1) is 5.92 Å². The van der Waals surface area contributed by atoms with Crippen molar-refractivity contribution in [1.82, 2.24) is 4.90 Å². The van der Waals surface area contributed by atoms with E-state index < -0.39 is 12.1 Å². The summed E-state index contributed by atoms with van der Waals surface area (Å²) in [6, 6.07) is 24.2. The van der Waals surface area contributed by atoms with Crippen LogP contribution in [-0.2, 0) is 20.9 Å². The average molecular weight is 510 g/mol. The molecule has 7 heteroatoms. The van der Waals surface area contributed by atoms with E-state index in [1.165, 1.54) is 4.90 Å². The van der Waals surface area contributed by atoms with Gasteiger partial charge in [-0.15, -0.1) is 0 Å². The zero-order chi connectivity index (χ0) is 26.3. The molecule has 1 saturated carbocycles. The van der Waals surface area contributed by atoms with Crippen LogP contribution in [0.1, 0.15) is 42.4 Å². The van der Waals surface area contributed by atoms with Crippen molar-refractivity contribution in [3.63, 3.8) is 0 Å². The molecule has 3 amide bonds. The maximum absolute atomic E-state index is 12.9. The Hall–Kier alpha value is -4.39. The zero-order valence-electron chi connectivity index (χ0n) is 21.1. The number of carbonyl (C=O) groups excluding carboxylic acids is 3. The van der Waals surface area contributed by atoms with Crippen molar-refractivity contribution in [2.45, 2.75) is 38.3 Å². The van der Waals surface area contributed by atoms with Gasteiger partial charge in [0, 0.05) is 23.8 Å². The molecule has 7 nitrogen and oxygen atoms in total. The fourth-order valence-corrected chi connectivity index (χ4v) is 4.42. The summed E-state index contributed by atoms with van der Waals surface area (Å²) in [4.78, 5) is 38.9. The van der Waals surface area contributed by atoms with Crippen molar-refractivity contribution in [2.75, 3.05) is 17.2 Å². The van der Waals surface area contributed by atoms with Crippen LogP contribution in [0.25, 0.3) is 12.2 Å². The number of anilines is 2. The highest BCUT2D eigenvalue weighted by Crippen LogP contribution is 2.30. The number of rotatable bonds is 8. The van der Waals surface area contributed by atoms with E-state index in [9.17, 15) is 14.4 Å². The average Bonchev–Trinajstić information content (AvgIpc) is 3.69. The third-order valence-corrected chi connectivity index (χ3v) is 6.77. The summed E-state index contributed by atoms with van der Waals surface area (Å²) < 4.78 is 5.44. The topological polar surface area (TPSA) is 87.7 Å². The minimum atomic E-state index is -0.546. The first kappa shape index (κ1) is 25.3. The summed E-state index contributed by atoms with van der Waals surface area (Å²) in [5, 5.41) is 5.87. The molecule has 2 aliphatic rings. The van der Waals surface area contributed by atoms with Crippen molar-refractivity contribution >= 4 is 41.4 Å². The molecule has 1 aliphatic carbocycles. The molecule has 1 saturated heterocycles. The standard InChI is InChI=1S/C31H31N3O4/c35-29(25-14-15-25)32-26-16-10-22(11-17-26)8-9-23-12-18-27(19-13-23)33-30(36)28-7-4-20-34(28)31(37)38-21-24-5-2-1-3-6-24/h1-3,5-6,8-13,16-19,25,28H,4,7,14-15,20-21H2,(H,32,35)(H,33,36)/t28-/m0/s1. The number of amides is 3. The second-order valence-corrected chi connectivity index (χ2v) is 9.72.